The SMILES string of the molecule is CNC(C)c1nc(-c2ccc(C#Cc3ccncc3)cc2)no1. The molecule has 0 bridgehead atoms. The quantitative estimate of drug-likeness (QED) is 0.754. The zero-order valence-electron chi connectivity index (χ0n) is 12.9. The van der Waals surface area contributed by atoms with Crippen LogP contribution in [0.1, 0.15) is 30.0 Å². The predicted octanol–water partition coefficient (Wildman–Crippen LogP) is 2.81. The summed E-state index contributed by atoms with van der Waals surface area (Å²) in [6.45, 7) is 1.97. The van der Waals surface area contributed by atoms with Gasteiger partial charge in [0.1, 0.15) is 0 Å². The van der Waals surface area contributed by atoms with Crippen molar-refractivity contribution in [2.24, 2.45) is 0 Å². The monoisotopic (exact) mass is 304 g/mol. The summed E-state index contributed by atoms with van der Waals surface area (Å²) in [5.41, 5.74) is 2.77. The van der Waals surface area contributed by atoms with E-state index in [0.29, 0.717) is 11.7 Å². The minimum atomic E-state index is 0.0294. The van der Waals surface area contributed by atoms with Crippen LogP contribution in [0.25, 0.3) is 11.4 Å². The number of hydrogen-bond donors (Lipinski definition) is 1. The Morgan fingerprint density at radius 2 is 1.65 bits per heavy atom. The number of hydrogen-bond acceptors (Lipinski definition) is 5. The molecule has 0 aliphatic heterocycles. The highest BCUT2D eigenvalue weighted by Gasteiger charge is 2.13. The van der Waals surface area contributed by atoms with Crippen LogP contribution in [-0.2, 0) is 0 Å². The fourth-order valence-corrected chi connectivity index (χ4v) is 1.93. The molecule has 3 aromatic rings. The lowest BCUT2D eigenvalue weighted by atomic mass is 10.1. The van der Waals surface area contributed by atoms with Gasteiger partial charge in [-0.05, 0) is 50.4 Å². The Hall–Kier alpha value is -2.97. The van der Waals surface area contributed by atoms with E-state index in [0.717, 1.165) is 16.7 Å². The van der Waals surface area contributed by atoms with E-state index in [4.69, 9.17) is 4.52 Å². The van der Waals surface area contributed by atoms with Crippen molar-refractivity contribution in [1.82, 2.24) is 20.4 Å². The summed E-state index contributed by atoms with van der Waals surface area (Å²) < 4.78 is 5.25. The van der Waals surface area contributed by atoms with Crippen molar-refractivity contribution >= 4 is 0 Å². The Morgan fingerprint density at radius 1 is 1.00 bits per heavy atom. The molecule has 5 nitrogen and oxygen atoms in total. The molecule has 2 heterocycles. The first-order valence-corrected chi connectivity index (χ1v) is 7.29. The zero-order chi connectivity index (χ0) is 16.1. The van der Waals surface area contributed by atoms with Gasteiger partial charge in [-0.25, -0.2) is 0 Å². The van der Waals surface area contributed by atoms with E-state index in [9.17, 15) is 0 Å². The summed E-state index contributed by atoms with van der Waals surface area (Å²) in [7, 11) is 1.85. The minimum absolute atomic E-state index is 0.0294. The molecule has 0 amide bonds. The topological polar surface area (TPSA) is 63.8 Å². The van der Waals surface area contributed by atoms with Crippen LogP contribution >= 0.6 is 0 Å². The maximum Gasteiger partial charge on any atom is 0.243 e. The first-order chi connectivity index (χ1) is 11.3. The second-order valence-corrected chi connectivity index (χ2v) is 5.03. The van der Waals surface area contributed by atoms with E-state index in [1.165, 1.54) is 0 Å². The number of rotatable bonds is 3. The molecule has 1 N–H and O–H groups in total. The van der Waals surface area contributed by atoms with Gasteiger partial charge < -0.3 is 9.84 Å². The fourth-order valence-electron chi connectivity index (χ4n) is 1.93. The minimum Gasteiger partial charge on any atom is -0.337 e. The first-order valence-electron chi connectivity index (χ1n) is 7.29. The summed E-state index contributed by atoms with van der Waals surface area (Å²) in [5, 5.41) is 7.08. The average Bonchev–Trinajstić information content (AvgIpc) is 3.11. The third kappa shape index (κ3) is 3.62. The molecule has 3 rings (SSSR count). The van der Waals surface area contributed by atoms with E-state index in [1.54, 1.807) is 12.4 Å². The number of benzene rings is 1. The molecule has 23 heavy (non-hydrogen) atoms. The summed E-state index contributed by atoms with van der Waals surface area (Å²) >= 11 is 0. The van der Waals surface area contributed by atoms with E-state index in [2.05, 4.69) is 32.3 Å². The normalized spacial score (nSPS) is 11.6. The van der Waals surface area contributed by atoms with Gasteiger partial charge in [-0.15, -0.1) is 0 Å². The lowest BCUT2D eigenvalue weighted by molar-refractivity contribution is 0.347. The highest BCUT2D eigenvalue weighted by Crippen LogP contribution is 2.18. The maximum atomic E-state index is 5.25. The smallest absolute Gasteiger partial charge is 0.243 e. The molecule has 0 spiro atoms. The Kier molecular flexibility index (Phi) is 4.46. The standard InChI is InChI=1S/C18H16N4O/c1-13(19-2)18-21-17(22-23-18)16-7-5-14(6-8-16)3-4-15-9-11-20-12-10-15/h5-13,19H,1-2H3. The lowest BCUT2D eigenvalue weighted by Gasteiger charge is -2.01. The molecular formula is C18H16N4O. The Bertz CT molecular complexity index is 829. The Labute approximate surface area is 134 Å². The van der Waals surface area contributed by atoms with Gasteiger partial charge in [0.15, 0.2) is 0 Å². The van der Waals surface area contributed by atoms with E-state index >= 15 is 0 Å². The van der Waals surface area contributed by atoms with Gasteiger partial charge in [0.2, 0.25) is 11.7 Å². The number of nitrogens with one attached hydrogen (secondary N) is 1. The average molecular weight is 304 g/mol. The molecule has 1 atom stereocenters. The third-order valence-electron chi connectivity index (χ3n) is 3.42. The molecule has 5 heteroatoms. The molecule has 1 unspecified atom stereocenters. The van der Waals surface area contributed by atoms with Crippen LogP contribution in [0.2, 0.25) is 0 Å². The number of aromatic nitrogens is 3. The molecule has 114 valence electrons. The maximum absolute atomic E-state index is 5.25. The van der Waals surface area contributed by atoms with Gasteiger partial charge in [0.25, 0.3) is 0 Å². The molecule has 0 aliphatic carbocycles. The zero-order valence-corrected chi connectivity index (χ0v) is 12.9. The highest BCUT2D eigenvalue weighted by molar-refractivity contribution is 5.56. The summed E-state index contributed by atoms with van der Waals surface area (Å²) in [6, 6.07) is 11.6. The largest absolute Gasteiger partial charge is 0.337 e. The van der Waals surface area contributed by atoms with E-state index in [1.807, 2.05) is 50.4 Å². The second kappa shape index (κ2) is 6.86. The molecule has 0 radical (unpaired) electrons. The Morgan fingerprint density at radius 3 is 2.30 bits per heavy atom. The fraction of sp³-hybridized carbons (Fsp3) is 0.167. The molecule has 2 aromatic heterocycles. The molecule has 0 saturated heterocycles. The lowest BCUT2D eigenvalue weighted by Crippen LogP contribution is -2.12. The molecular weight excluding hydrogens is 288 g/mol. The molecule has 0 saturated carbocycles. The predicted molar refractivity (Wildman–Crippen MR) is 87.4 cm³/mol. The van der Waals surface area contributed by atoms with Crippen molar-refractivity contribution in [2.45, 2.75) is 13.0 Å². The van der Waals surface area contributed by atoms with Gasteiger partial charge in [-0.3, -0.25) is 4.98 Å². The van der Waals surface area contributed by atoms with E-state index < -0.39 is 0 Å². The third-order valence-corrected chi connectivity index (χ3v) is 3.42. The van der Waals surface area contributed by atoms with Gasteiger partial charge >= 0.3 is 0 Å². The van der Waals surface area contributed by atoms with Crippen molar-refractivity contribution in [3.8, 4) is 23.2 Å². The van der Waals surface area contributed by atoms with Crippen molar-refractivity contribution in [3.63, 3.8) is 0 Å². The number of nitrogens with zero attached hydrogens (tertiary/aromatic N) is 3. The van der Waals surface area contributed by atoms with Crippen LogP contribution in [0.5, 0.6) is 0 Å². The van der Waals surface area contributed by atoms with Gasteiger partial charge in [0.05, 0.1) is 6.04 Å². The second-order valence-electron chi connectivity index (χ2n) is 5.03. The van der Waals surface area contributed by atoms with Crippen LogP contribution in [0.4, 0.5) is 0 Å². The van der Waals surface area contributed by atoms with Crippen LogP contribution in [0.3, 0.4) is 0 Å². The number of pyridine rings is 1. The van der Waals surface area contributed by atoms with Crippen molar-refractivity contribution < 1.29 is 4.52 Å². The molecule has 0 aliphatic rings. The van der Waals surface area contributed by atoms with E-state index in [-0.39, 0.29) is 6.04 Å². The van der Waals surface area contributed by atoms with Crippen LogP contribution in [0, 0.1) is 11.8 Å². The summed E-state index contributed by atoms with van der Waals surface area (Å²) in [5.74, 6) is 7.37. The van der Waals surface area contributed by atoms with Crippen LogP contribution in [-0.4, -0.2) is 22.2 Å². The summed E-state index contributed by atoms with van der Waals surface area (Å²) in [4.78, 5) is 8.36. The van der Waals surface area contributed by atoms with Crippen molar-refractivity contribution in [1.29, 1.82) is 0 Å². The van der Waals surface area contributed by atoms with Crippen molar-refractivity contribution in [2.75, 3.05) is 7.05 Å². The molecule has 1 aromatic carbocycles. The first kappa shape index (κ1) is 14.9. The van der Waals surface area contributed by atoms with Crippen LogP contribution in [0.15, 0.2) is 53.3 Å². The Balaban J connectivity index is 1.77. The van der Waals surface area contributed by atoms with Gasteiger partial charge in [-0.2, -0.15) is 4.98 Å². The highest BCUT2D eigenvalue weighted by atomic mass is 16.5. The van der Waals surface area contributed by atoms with Crippen LogP contribution < -0.4 is 5.32 Å². The van der Waals surface area contributed by atoms with Gasteiger partial charge in [0, 0.05) is 29.1 Å². The molecule has 0 fully saturated rings. The van der Waals surface area contributed by atoms with Crippen molar-refractivity contribution in [3.05, 3.63) is 65.8 Å². The summed E-state index contributed by atoms with van der Waals surface area (Å²) in [6.07, 6.45) is 3.46. The van der Waals surface area contributed by atoms with Gasteiger partial charge in [-0.1, -0.05) is 17.0 Å².